The van der Waals surface area contributed by atoms with Crippen LogP contribution in [0.15, 0.2) is 28.7 Å². The molecular formula is C11H13BrO. The first-order valence-corrected chi connectivity index (χ1v) is 5.41. The highest BCUT2D eigenvalue weighted by atomic mass is 79.9. The van der Waals surface area contributed by atoms with Crippen LogP contribution in [0.5, 0.6) is 0 Å². The van der Waals surface area contributed by atoms with Crippen molar-refractivity contribution in [3.63, 3.8) is 0 Å². The van der Waals surface area contributed by atoms with Crippen LogP contribution in [-0.2, 0) is 0 Å². The van der Waals surface area contributed by atoms with Gasteiger partial charge in [0.25, 0.3) is 0 Å². The third-order valence-corrected chi connectivity index (χ3v) is 3.29. The molecule has 1 aliphatic rings. The first-order valence-electron chi connectivity index (χ1n) is 4.62. The number of hydrogen-bond acceptors (Lipinski definition) is 1. The highest BCUT2D eigenvalue weighted by molar-refractivity contribution is 9.10. The zero-order chi connectivity index (χ0) is 9.42. The minimum absolute atomic E-state index is 0.159. The predicted molar refractivity (Wildman–Crippen MR) is 56.7 cm³/mol. The van der Waals surface area contributed by atoms with Crippen LogP contribution in [0.2, 0.25) is 0 Å². The van der Waals surface area contributed by atoms with Gasteiger partial charge in [0, 0.05) is 4.47 Å². The summed E-state index contributed by atoms with van der Waals surface area (Å²) in [5.41, 5.74) is 1.36. The number of halogens is 1. The van der Waals surface area contributed by atoms with Gasteiger partial charge in [-0.05, 0) is 42.9 Å². The van der Waals surface area contributed by atoms with Gasteiger partial charge in [-0.2, -0.15) is 0 Å². The second kappa shape index (κ2) is 3.43. The van der Waals surface area contributed by atoms with E-state index < -0.39 is 0 Å². The van der Waals surface area contributed by atoms with Gasteiger partial charge in [-0.15, -0.1) is 0 Å². The Morgan fingerprint density at radius 3 is 2.46 bits per heavy atom. The molecule has 0 radical (unpaired) electrons. The lowest BCUT2D eigenvalue weighted by atomic mass is 10.1. The topological polar surface area (TPSA) is 20.2 Å². The van der Waals surface area contributed by atoms with Crippen LogP contribution in [0.4, 0.5) is 0 Å². The molecule has 70 valence electrons. The van der Waals surface area contributed by atoms with Crippen molar-refractivity contribution in [1.82, 2.24) is 0 Å². The Balaban J connectivity index is 2.08. The molecule has 1 aromatic carbocycles. The molecule has 0 amide bonds. The van der Waals surface area contributed by atoms with E-state index in [1.807, 2.05) is 6.92 Å². The molecule has 0 heterocycles. The molecule has 1 aliphatic carbocycles. The molecular weight excluding hydrogens is 228 g/mol. The van der Waals surface area contributed by atoms with E-state index in [1.165, 1.54) is 5.56 Å². The summed E-state index contributed by atoms with van der Waals surface area (Å²) in [6, 6.07) is 8.40. The molecule has 0 aromatic heterocycles. The van der Waals surface area contributed by atoms with Gasteiger partial charge < -0.3 is 5.11 Å². The summed E-state index contributed by atoms with van der Waals surface area (Å²) in [5.74, 6) is 1.08. The number of aliphatic hydroxyl groups excluding tert-OH is 1. The fraction of sp³-hybridized carbons (Fsp3) is 0.455. The average Bonchev–Trinajstić information content (AvgIpc) is 2.85. The van der Waals surface area contributed by atoms with Crippen LogP contribution in [0.1, 0.15) is 24.8 Å². The molecule has 3 atom stereocenters. The molecule has 2 heteroatoms. The van der Waals surface area contributed by atoms with Crippen molar-refractivity contribution in [2.45, 2.75) is 25.4 Å². The van der Waals surface area contributed by atoms with Gasteiger partial charge in [0.2, 0.25) is 0 Å². The van der Waals surface area contributed by atoms with Gasteiger partial charge in [-0.1, -0.05) is 28.1 Å². The van der Waals surface area contributed by atoms with E-state index in [0.717, 1.165) is 10.9 Å². The quantitative estimate of drug-likeness (QED) is 0.843. The highest BCUT2D eigenvalue weighted by Crippen LogP contribution is 2.49. The van der Waals surface area contributed by atoms with Crippen molar-refractivity contribution >= 4 is 15.9 Å². The maximum atomic E-state index is 9.37. The van der Waals surface area contributed by atoms with Crippen molar-refractivity contribution in [1.29, 1.82) is 0 Å². The molecule has 0 aliphatic heterocycles. The predicted octanol–water partition coefficient (Wildman–Crippen LogP) is 2.93. The number of benzene rings is 1. The molecule has 1 fully saturated rings. The Kier molecular flexibility index (Phi) is 2.43. The summed E-state index contributed by atoms with van der Waals surface area (Å²) in [6.07, 6.45) is 0.980. The van der Waals surface area contributed by atoms with E-state index in [4.69, 9.17) is 0 Å². The first-order chi connectivity index (χ1) is 6.18. The number of rotatable bonds is 2. The van der Waals surface area contributed by atoms with E-state index in [-0.39, 0.29) is 6.10 Å². The molecule has 1 nitrogen and oxygen atoms in total. The number of hydrogen-bond donors (Lipinski definition) is 1. The van der Waals surface area contributed by atoms with Crippen molar-refractivity contribution < 1.29 is 5.11 Å². The maximum Gasteiger partial charge on any atom is 0.0546 e. The van der Waals surface area contributed by atoms with E-state index in [1.54, 1.807) is 0 Å². The normalized spacial score (nSPS) is 28.5. The molecule has 13 heavy (non-hydrogen) atoms. The molecule has 2 rings (SSSR count). The van der Waals surface area contributed by atoms with Gasteiger partial charge in [0.05, 0.1) is 6.10 Å². The lowest BCUT2D eigenvalue weighted by Crippen LogP contribution is -2.03. The van der Waals surface area contributed by atoms with E-state index >= 15 is 0 Å². The van der Waals surface area contributed by atoms with Gasteiger partial charge in [0.1, 0.15) is 0 Å². The summed E-state index contributed by atoms with van der Waals surface area (Å²) in [5, 5.41) is 9.37. The SMILES string of the molecule is C[C@H](O)[C@@H]1C[C@@H]1c1ccc(Br)cc1. The minimum atomic E-state index is -0.159. The van der Waals surface area contributed by atoms with Crippen molar-refractivity contribution in [3.8, 4) is 0 Å². The van der Waals surface area contributed by atoms with Gasteiger partial charge in [-0.25, -0.2) is 0 Å². The lowest BCUT2D eigenvalue weighted by Gasteiger charge is -2.02. The largest absolute Gasteiger partial charge is 0.393 e. The summed E-state index contributed by atoms with van der Waals surface area (Å²) in [6.45, 7) is 1.88. The molecule has 0 saturated heterocycles. The Labute approximate surface area is 86.9 Å². The standard InChI is InChI=1S/C11H13BrO/c1-7(13)10-6-11(10)8-2-4-9(12)5-3-8/h2-5,7,10-11,13H,6H2,1H3/t7-,10-,11+/m0/s1. The van der Waals surface area contributed by atoms with Crippen LogP contribution >= 0.6 is 15.9 Å². The molecule has 1 saturated carbocycles. The summed E-state index contributed by atoms with van der Waals surface area (Å²) >= 11 is 3.41. The fourth-order valence-electron chi connectivity index (χ4n) is 1.84. The zero-order valence-corrected chi connectivity index (χ0v) is 9.16. The smallest absolute Gasteiger partial charge is 0.0546 e. The first kappa shape index (κ1) is 9.22. The van der Waals surface area contributed by atoms with Gasteiger partial charge >= 0.3 is 0 Å². The number of aliphatic hydroxyl groups is 1. The second-order valence-corrected chi connectivity index (χ2v) is 4.71. The average molecular weight is 241 g/mol. The van der Waals surface area contributed by atoms with Crippen molar-refractivity contribution in [2.75, 3.05) is 0 Å². The maximum absolute atomic E-state index is 9.37. The summed E-state index contributed by atoms with van der Waals surface area (Å²) in [4.78, 5) is 0. The van der Waals surface area contributed by atoms with E-state index in [9.17, 15) is 5.11 Å². The Morgan fingerprint density at radius 1 is 1.38 bits per heavy atom. The van der Waals surface area contributed by atoms with Crippen LogP contribution in [0, 0.1) is 5.92 Å². The Hall–Kier alpha value is -0.340. The van der Waals surface area contributed by atoms with Crippen LogP contribution in [0.25, 0.3) is 0 Å². The van der Waals surface area contributed by atoms with Crippen molar-refractivity contribution in [3.05, 3.63) is 34.3 Å². The van der Waals surface area contributed by atoms with Crippen LogP contribution < -0.4 is 0 Å². The van der Waals surface area contributed by atoms with Crippen LogP contribution in [0.3, 0.4) is 0 Å². The molecule has 1 N–H and O–H groups in total. The fourth-order valence-corrected chi connectivity index (χ4v) is 2.11. The highest BCUT2D eigenvalue weighted by Gasteiger charge is 2.41. The second-order valence-electron chi connectivity index (χ2n) is 3.80. The van der Waals surface area contributed by atoms with E-state index in [0.29, 0.717) is 11.8 Å². The van der Waals surface area contributed by atoms with Crippen molar-refractivity contribution in [2.24, 2.45) is 5.92 Å². The third kappa shape index (κ3) is 1.94. The Bertz CT molecular complexity index is 291. The lowest BCUT2D eigenvalue weighted by molar-refractivity contribution is 0.169. The summed E-state index contributed by atoms with van der Waals surface area (Å²) < 4.78 is 1.12. The Morgan fingerprint density at radius 2 is 2.00 bits per heavy atom. The molecule has 0 bridgehead atoms. The van der Waals surface area contributed by atoms with E-state index in [2.05, 4.69) is 40.2 Å². The third-order valence-electron chi connectivity index (χ3n) is 2.76. The molecule has 1 aromatic rings. The minimum Gasteiger partial charge on any atom is -0.393 e. The molecule has 0 unspecified atom stereocenters. The van der Waals surface area contributed by atoms with Gasteiger partial charge in [-0.3, -0.25) is 0 Å². The summed E-state index contributed by atoms with van der Waals surface area (Å²) in [7, 11) is 0. The zero-order valence-electron chi connectivity index (χ0n) is 7.57. The molecule has 0 spiro atoms. The van der Waals surface area contributed by atoms with Crippen LogP contribution in [-0.4, -0.2) is 11.2 Å². The van der Waals surface area contributed by atoms with Gasteiger partial charge in [0.15, 0.2) is 0 Å². The monoisotopic (exact) mass is 240 g/mol.